The third-order valence-electron chi connectivity index (χ3n) is 4.33. The average Bonchev–Trinajstić information content (AvgIpc) is 3.03. The summed E-state index contributed by atoms with van der Waals surface area (Å²) in [6.45, 7) is 6.54. The number of carbonyl (C=O) groups excluding carboxylic acids is 1. The Bertz CT molecular complexity index is 934. The molecule has 0 bridgehead atoms. The van der Waals surface area contributed by atoms with E-state index in [1.54, 1.807) is 18.1 Å². The van der Waals surface area contributed by atoms with Gasteiger partial charge < -0.3 is 9.30 Å². The second kappa shape index (κ2) is 7.47. The van der Waals surface area contributed by atoms with Crippen LogP contribution in [0.15, 0.2) is 29.2 Å². The van der Waals surface area contributed by atoms with Crippen molar-refractivity contribution in [2.75, 3.05) is 13.7 Å². The van der Waals surface area contributed by atoms with Gasteiger partial charge in [-0.3, -0.25) is 9.69 Å². The molecule has 0 spiro atoms. The van der Waals surface area contributed by atoms with Gasteiger partial charge in [0.1, 0.15) is 10.1 Å². The van der Waals surface area contributed by atoms with Gasteiger partial charge in [-0.2, -0.15) is 0 Å². The van der Waals surface area contributed by atoms with Crippen LogP contribution >= 0.6 is 35.6 Å². The van der Waals surface area contributed by atoms with Crippen LogP contribution in [0, 0.1) is 13.8 Å². The van der Waals surface area contributed by atoms with Gasteiger partial charge in [0, 0.05) is 23.0 Å². The normalized spacial score (nSPS) is 16.0. The number of ether oxygens (including phenoxy) is 1. The van der Waals surface area contributed by atoms with Gasteiger partial charge in [0.25, 0.3) is 5.91 Å². The van der Waals surface area contributed by atoms with Gasteiger partial charge in [-0.1, -0.05) is 35.6 Å². The molecule has 0 aliphatic carbocycles. The first kappa shape index (κ1) is 19.0. The van der Waals surface area contributed by atoms with Gasteiger partial charge in [-0.05, 0) is 56.7 Å². The molecule has 4 nitrogen and oxygen atoms in total. The number of benzene rings is 1. The van der Waals surface area contributed by atoms with Crippen LogP contribution in [0.2, 0.25) is 5.02 Å². The van der Waals surface area contributed by atoms with Crippen LogP contribution < -0.4 is 4.74 Å². The number of carbonyl (C=O) groups is 1. The summed E-state index contributed by atoms with van der Waals surface area (Å²) in [4.78, 5) is 14.7. The molecule has 136 valence electrons. The summed E-state index contributed by atoms with van der Waals surface area (Å²) in [6.07, 6.45) is 1.91. The monoisotopic (exact) mass is 406 g/mol. The number of aromatic nitrogens is 1. The van der Waals surface area contributed by atoms with Crippen molar-refractivity contribution in [2.45, 2.75) is 20.8 Å². The number of amides is 1. The van der Waals surface area contributed by atoms with Crippen LogP contribution in [-0.4, -0.2) is 33.3 Å². The Hall–Kier alpha value is -1.76. The highest BCUT2D eigenvalue weighted by Gasteiger charge is 2.31. The fraction of sp³-hybridized carbons (Fsp3) is 0.263. The lowest BCUT2D eigenvalue weighted by Gasteiger charge is -2.14. The number of methoxy groups -OCH3 is 1. The first-order valence-corrected chi connectivity index (χ1v) is 9.75. The molecule has 1 aliphatic rings. The second-order valence-corrected chi connectivity index (χ2v) is 8.02. The van der Waals surface area contributed by atoms with Crippen molar-refractivity contribution in [1.29, 1.82) is 0 Å². The number of likely N-dealkylation sites (N-methyl/N-ethyl adjacent to an activating group) is 1. The van der Waals surface area contributed by atoms with Crippen molar-refractivity contribution in [3.05, 3.63) is 51.1 Å². The van der Waals surface area contributed by atoms with Crippen LogP contribution in [0.25, 0.3) is 11.8 Å². The second-order valence-electron chi connectivity index (χ2n) is 5.90. The third-order valence-corrected chi connectivity index (χ3v) is 5.94. The number of halogens is 1. The number of rotatable bonds is 4. The molecule has 1 aromatic carbocycles. The Kier molecular flexibility index (Phi) is 5.46. The number of thioether (sulfide) groups is 1. The lowest BCUT2D eigenvalue weighted by Crippen LogP contribution is -2.27. The van der Waals surface area contributed by atoms with E-state index in [2.05, 4.69) is 4.57 Å². The van der Waals surface area contributed by atoms with Crippen molar-refractivity contribution < 1.29 is 9.53 Å². The molecule has 1 aliphatic heterocycles. The van der Waals surface area contributed by atoms with Gasteiger partial charge in [-0.25, -0.2) is 0 Å². The molecule has 0 unspecified atom stereocenters. The molecule has 1 amide bonds. The van der Waals surface area contributed by atoms with Crippen molar-refractivity contribution in [2.24, 2.45) is 0 Å². The van der Waals surface area contributed by atoms with E-state index in [-0.39, 0.29) is 5.91 Å². The first-order chi connectivity index (χ1) is 12.4. The summed E-state index contributed by atoms with van der Waals surface area (Å²) in [5.74, 6) is 0.702. The number of hydrogen-bond acceptors (Lipinski definition) is 4. The molecule has 26 heavy (non-hydrogen) atoms. The minimum atomic E-state index is -0.0346. The molecule has 1 saturated heterocycles. The molecule has 1 fully saturated rings. The van der Waals surface area contributed by atoms with Crippen molar-refractivity contribution in [3.8, 4) is 11.4 Å². The standard InChI is InChI=1S/C19H19ClN2O2S2/c1-5-21-18(23)17(26-19(21)25)9-13-8-11(2)22(12(13)3)15-10-14(20)6-7-16(15)24-4/h6-10H,5H2,1-4H3/b17-9-. The number of hydrogen-bond donors (Lipinski definition) is 0. The highest BCUT2D eigenvalue weighted by molar-refractivity contribution is 8.26. The largest absolute Gasteiger partial charge is 0.495 e. The number of nitrogens with zero attached hydrogens (tertiary/aromatic N) is 2. The number of thiocarbonyl (C=S) groups is 1. The minimum absolute atomic E-state index is 0.0346. The molecule has 3 rings (SSSR count). The van der Waals surface area contributed by atoms with Crippen molar-refractivity contribution in [1.82, 2.24) is 9.47 Å². The fourth-order valence-corrected chi connectivity index (χ4v) is 4.60. The van der Waals surface area contributed by atoms with Gasteiger partial charge in [0.05, 0.1) is 17.7 Å². The maximum atomic E-state index is 12.5. The highest BCUT2D eigenvalue weighted by Crippen LogP contribution is 2.35. The van der Waals surface area contributed by atoms with Crippen LogP contribution in [0.4, 0.5) is 0 Å². The van der Waals surface area contributed by atoms with Gasteiger partial charge in [0.2, 0.25) is 0 Å². The lowest BCUT2D eigenvalue weighted by molar-refractivity contribution is -0.121. The zero-order valence-corrected chi connectivity index (χ0v) is 17.4. The van der Waals surface area contributed by atoms with E-state index in [1.807, 2.05) is 45.0 Å². The predicted octanol–water partition coefficient (Wildman–Crippen LogP) is 4.98. The highest BCUT2D eigenvalue weighted by atomic mass is 35.5. The topological polar surface area (TPSA) is 34.5 Å². The molecule has 0 N–H and O–H groups in total. The zero-order valence-electron chi connectivity index (χ0n) is 15.0. The molecule has 0 atom stereocenters. The van der Waals surface area contributed by atoms with E-state index in [0.717, 1.165) is 28.4 Å². The Balaban J connectivity index is 2.08. The summed E-state index contributed by atoms with van der Waals surface area (Å²) in [7, 11) is 1.64. The molecular weight excluding hydrogens is 388 g/mol. The zero-order chi connectivity index (χ0) is 19.0. The number of aryl methyl sites for hydroxylation is 1. The van der Waals surface area contributed by atoms with Crippen LogP contribution in [0.3, 0.4) is 0 Å². The molecule has 0 radical (unpaired) electrons. The first-order valence-electron chi connectivity index (χ1n) is 8.15. The molecule has 1 aromatic heterocycles. The van der Waals surface area contributed by atoms with E-state index in [1.165, 1.54) is 11.8 Å². The van der Waals surface area contributed by atoms with Crippen LogP contribution in [-0.2, 0) is 4.79 Å². The van der Waals surface area contributed by atoms with E-state index in [4.69, 9.17) is 28.6 Å². The predicted molar refractivity (Wildman–Crippen MR) is 112 cm³/mol. The smallest absolute Gasteiger partial charge is 0.266 e. The van der Waals surface area contributed by atoms with E-state index >= 15 is 0 Å². The molecule has 2 heterocycles. The molecule has 2 aromatic rings. The lowest BCUT2D eigenvalue weighted by atomic mass is 10.2. The molecular formula is C19H19ClN2O2S2. The Morgan fingerprint density at radius 2 is 2.04 bits per heavy atom. The minimum Gasteiger partial charge on any atom is -0.495 e. The van der Waals surface area contributed by atoms with Crippen LogP contribution in [0.1, 0.15) is 23.9 Å². The fourth-order valence-electron chi connectivity index (χ4n) is 3.06. The summed E-state index contributed by atoms with van der Waals surface area (Å²) >= 11 is 12.8. The molecule has 7 heteroatoms. The van der Waals surface area contributed by atoms with Gasteiger partial charge in [-0.15, -0.1) is 0 Å². The summed E-state index contributed by atoms with van der Waals surface area (Å²) in [6, 6.07) is 7.58. The van der Waals surface area contributed by atoms with Crippen molar-refractivity contribution >= 4 is 51.9 Å². The van der Waals surface area contributed by atoms with Crippen molar-refractivity contribution in [3.63, 3.8) is 0 Å². The Labute approximate surface area is 167 Å². The average molecular weight is 407 g/mol. The van der Waals surface area contributed by atoms with E-state index in [0.29, 0.717) is 20.8 Å². The Morgan fingerprint density at radius 3 is 2.65 bits per heavy atom. The quantitative estimate of drug-likeness (QED) is 0.530. The third kappa shape index (κ3) is 3.29. The van der Waals surface area contributed by atoms with Crippen LogP contribution in [0.5, 0.6) is 5.75 Å². The van der Waals surface area contributed by atoms with E-state index < -0.39 is 0 Å². The summed E-state index contributed by atoms with van der Waals surface area (Å²) in [5.41, 5.74) is 3.88. The van der Waals surface area contributed by atoms with Gasteiger partial charge >= 0.3 is 0 Å². The van der Waals surface area contributed by atoms with Gasteiger partial charge in [0.15, 0.2) is 0 Å². The summed E-state index contributed by atoms with van der Waals surface area (Å²) in [5, 5.41) is 0.638. The maximum absolute atomic E-state index is 12.5. The Morgan fingerprint density at radius 1 is 1.31 bits per heavy atom. The molecule has 0 saturated carbocycles. The SMILES string of the molecule is CCN1C(=O)/C(=C/c2cc(C)n(-c3cc(Cl)ccc3OC)c2C)SC1=S. The maximum Gasteiger partial charge on any atom is 0.266 e. The summed E-state index contributed by atoms with van der Waals surface area (Å²) < 4.78 is 8.18. The van der Waals surface area contributed by atoms with E-state index in [9.17, 15) is 4.79 Å².